The smallest absolute Gasteiger partial charge is 0.296 e. The Kier molecular flexibility index (Phi) is 6.26. The lowest BCUT2D eigenvalue weighted by atomic mass is 10.1. The zero-order valence-electron chi connectivity index (χ0n) is 17.6. The third-order valence-electron chi connectivity index (χ3n) is 4.48. The Labute approximate surface area is 189 Å². The Morgan fingerprint density at radius 3 is 2.00 bits per heavy atom. The highest BCUT2D eigenvalue weighted by molar-refractivity contribution is 7.86. The van der Waals surface area contributed by atoms with Crippen LogP contribution in [0.25, 0.3) is 10.8 Å². The van der Waals surface area contributed by atoms with E-state index in [9.17, 15) is 35.8 Å². The third kappa shape index (κ3) is 5.34. The lowest BCUT2D eigenvalue weighted by Gasteiger charge is -2.14. The molecule has 33 heavy (non-hydrogen) atoms. The van der Waals surface area contributed by atoms with Crippen molar-refractivity contribution in [3.05, 3.63) is 47.5 Å². The predicted octanol–water partition coefficient (Wildman–Crippen LogP) is 4.03. The number of phenolic OH excluding ortho intramolecular Hbond substituents is 1. The fraction of sp³-hybridized carbons (Fsp3) is 0.150. The van der Waals surface area contributed by atoms with Gasteiger partial charge in [-0.05, 0) is 60.7 Å². The molecular weight excluding hydrogens is 474 g/mol. The molecule has 0 aliphatic heterocycles. The molecule has 11 nitrogen and oxygen atoms in total. The molecule has 0 aliphatic rings. The summed E-state index contributed by atoms with van der Waals surface area (Å²) >= 11 is 0. The third-order valence-corrected chi connectivity index (χ3v) is 6.18. The summed E-state index contributed by atoms with van der Waals surface area (Å²) in [6.45, 7) is 4.75. The van der Waals surface area contributed by atoms with Gasteiger partial charge in [-0.1, -0.05) is 6.07 Å². The Morgan fingerprint density at radius 2 is 1.48 bits per heavy atom. The highest BCUT2D eigenvalue weighted by atomic mass is 32.2. The molecule has 0 saturated carbocycles. The van der Waals surface area contributed by atoms with Crippen LogP contribution in [0.5, 0.6) is 5.75 Å². The number of aromatic hydroxyl groups is 1. The topological polar surface area (TPSA) is 183 Å². The minimum Gasteiger partial charge on any atom is -0.505 e. The van der Waals surface area contributed by atoms with E-state index in [1.807, 2.05) is 19.9 Å². The number of carbonyl (C=O) groups is 1. The van der Waals surface area contributed by atoms with Gasteiger partial charge in [-0.25, -0.2) is 0 Å². The predicted molar refractivity (Wildman–Crippen MR) is 120 cm³/mol. The van der Waals surface area contributed by atoms with Crippen LogP contribution in [0.3, 0.4) is 0 Å². The Hall–Kier alpha value is -3.39. The second-order valence-electron chi connectivity index (χ2n) is 7.32. The van der Waals surface area contributed by atoms with Crippen LogP contribution < -0.4 is 5.32 Å². The van der Waals surface area contributed by atoms with Crippen molar-refractivity contribution in [2.24, 2.45) is 10.2 Å². The molecule has 3 aromatic rings. The van der Waals surface area contributed by atoms with Crippen LogP contribution in [0.4, 0.5) is 17.1 Å². The molecule has 0 heterocycles. The van der Waals surface area contributed by atoms with E-state index in [1.165, 1.54) is 0 Å². The first-order valence-corrected chi connectivity index (χ1v) is 12.1. The molecule has 0 unspecified atom stereocenters. The van der Waals surface area contributed by atoms with Crippen molar-refractivity contribution in [3.8, 4) is 5.75 Å². The Balaban J connectivity index is 2.40. The van der Waals surface area contributed by atoms with Gasteiger partial charge in [0.2, 0.25) is 5.91 Å². The summed E-state index contributed by atoms with van der Waals surface area (Å²) in [6.07, 6.45) is 0. The number of benzene rings is 3. The Bertz CT molecular complexity index is 1530. The number of carbonyl (C=O) groups excluding carboxylic acids is 1. The van der Waals surface area contributed by atoms with E-state index in [0.29, 0.717) is 5.69 Å². The van der Waals surface area contributed by atoms with Crippen molar-refractivity contribution in [2.45, 2.75) is 30.6 Å². The van der Waals surface area contributed by atoms with Gasteiger partial charge in [0, 0.05) is 12.3 Å². The summed E-state index contributed by atoms with van der Waals surface area (Å²) in [5.41, 5.74) is 1.18. The SMILES string of the molecule is CC(=O)Nc1cc(S(=O)(=O)O)cc2cc(S(=O)(=O)O)c(N=Nc3cc(C)cc(C)c3)c(O)c12. The van der Waals surface area contributed by atoms with Gasteiger partial charge in [0.05, 0.1) is 16.3 Å². The van der Waals surface area contributed by atoms with Crippen molar-refractivity contribution < 1.29 is 35.8 Å². The van der Waals surface area contributed by atoms with Crippen molar-refractivity contribution >= 4 is 54.0 Å². The number of nitrogens with one attached hydrogen (secondary N) is 1. The number of rotatable bonds is 5. The van der Waals surface area contributed by atoms with Gasteiger partial charge >= 0.3 is 0 Å². The van der Waals surface area contributed by atoms with Crippen LogP contribution in [-0.2, 0) is 25.0 Å². The summed E-state index contributed by atoms with van der Waals surface area (Å²) in [6, 6.07) is 7.79. The number of hydrogen-bond acceptors (Lipinski definition) is 8. The summed E-state index contributed by atoms with van der Waals surface area (Å²) in [4.78, 5) is 10.1. The molecule has 3 aromatic carbocycles. The summed E-state index contributed by atoms with van der Waals surface area (Å²) in [5, 5.41) is 20.6. The molecule has 4 N–H and O–H groups in total. The van der Waals surface area contributed by atoms with Crippen molar-refractivity contribution in [3.63, 3.8) is 0 Å². The average molecular weight is 494 g/mol. The molecule has 0 radical (unpaired) electrons. The van der Waals surface area contributed by atoms with E-state index in [-0.39, 0.29) is 16.5 Å². The lowest BCUT2D eigenvalue weighted by molar-refractivity contribution is -0.114. The maximum Gasteiger partial charge on any atom is 0.296 e. The zero-order valence-corrected chi connectivity index (χ0v) is 19.2. The molecule has 0 aromatic heterocycles. The highest BCUT2D eigenvalue weighted by Gasteiger charge is 2.25. The van der Waals surface area contributed by atoms with Gasteiger partial charge in [-0.3, -0.25) is 13.9 Å². The van der Waals surface area contributed by atoms with Gasteiger partial charge in [0.25, 0.3) is 20.2 Å². The molecular formula is C20H19N3O8S2. The van der Waals surface area contributed by atoms with E-state index in [1.54, 1.807) is 12.1 Å². The largest absolute Gasteiger partial charge is 0.505 e. The van der Waals surface area contributed by atoms with Crippen molar-refractivity contribution in [1.82, 2.24) is 0 Å². The van der Waals surface area contributed by atoms with Gasteiger partial charge < -0.3 is 10.4 Å². The number of hydrogen-bond donors (Lipinski definition) is 4. The maximum absolute atomic E-state index is 12.0. The van der Waals surface area contributed by atoms with Gasteiger partial charge in [-0.2, -0.15) is 21.9 Å². The van der Waals surface area contributed by atoms with Crippen LogP contribution in [0.15, 0.2) is 56.4 Å². The normalized spacial score (nSPS) is 12.4. The van der Waals surface area contributed by atoms with E-state index >= 15 is 0 Å². The van der Waals surface area contributed by atoms with E-state index in [4.69, 9.17) is 0 Å². The van der Waals surface area contributed by atoms with E-state index in [0.717, 1.165) is 36.2 Å². The molecule has 0 fully saturated rings. The number of azo groups is 1. The highest BCUT2D eigenvalue weighted by Crippen LogP contribution is 2.45. The molecule has 174 valence electrons. The zero-order chi connectivity index (χ0) is 24.7. The van der Waals surface area contributed by atoms with Gasteiger partial charge in [0.15, 0.2) is 5.75 Å². The van der Waals surface area contributed by atoms with Crippen molar-refractivity contribution in [2.75, 3.05) is 5.32 Å². The molecule has 13 heteroatoms. The van der Waals surface area contributed by atoms with Crippen LogP contribution in [0, 0.1) is 13.8 Å². The second kappa shape index (κ2) is 8.51. The molecule has 0 atom stereocenters. The first-order valence-electron chi connectivity index (χ1n) is 9.23. The average Bonchev–Trinajstić information content (AvgIpc) is 2.63. The minimum absolute atomic E-state index is 0.181. The van der Waals surface area contributed by atoms with E-state index < -0.39 is 47.4 Å². The quantitative estimate of drug-likeness (QED) is 0.303. The summed E-state index contributed by atoms with van der Waals surface area (Å²) in [7, 11) is -9.73. The summed E-state index contributed by atoms with van der Waals surface area (Å²) in [5.74, 6) is -1.43. The number of amides is 1. The monoisotopic (exact) mass is 493 g/mol. The lowest BCUT2D eigenvalue weighted by Crippen LogP contribution is -2.08. The second-order valence-corrected chi connectivity index (χ2v) is 10.1. The summed E-state index contributed by atoms with van der Waals surface area (Å²) < 4.78 is 66.4. The van der Waals surface area contributed by atoms with Gasteiger partial charge in [-0.15, -0.1) is 5.11 Å². The van der Waals surface area contributed by atoms with Crippen LogP contribution in [0.2, 0.25) is 0 Å². The molecule has 1 amide bonds. The molecule has 0 saturated heterocycles. The van der Waals surface area contributed by atoms with Crippen LogP contribution in [-0.4, -0.2) is 37.0 Å². The number of fused-ring (bicyclic) bond motifs is 1. The maximum atomic E-state index is 12.0. The minimum atomic E-state index is -4.97. The molecule has 0 aliphatic carbocycles. The first kappa shape index (κ1) is 24.3. The molecule has 3 rings (SSSR count). The van der Waals surface area contributed by atoms with Crippen molar-refractivity contribution in [1.29, 1.82) is 0 Å². The number of phenols is 1. The fourth-order valence-electron chi connectivity index (χ4n) is 3.31. The number of nitrogens with zero attached hydrogens (tertiary/aromatic N) is 2. The number of anilines is 1. The van der Waals surface area contributed by atoms with Crippen LogP contribution in [0.1, 0.15) is 18.1 Å². The van der Waals surface area contributed by atoms with Gasteiger partial charge in [0.1, 0.15) is 10.6 Å². The molecule has 0 spiro atoms. The first-order chi connectivity index (χ1) is 15.2. The Morgan fingerprint density at radius 1 is 0.879 bits per heavy atom. The number of aryl methyl sites for hydroxylation is 2. The van der Waals surface area contributed by atoms with E-state index in [2.05, 4.69) is 15.5 Å². The fourth-order valence-corrected chi connectivity index (χ4v) is 4.51. The molecule has 0 bridgehead atoms. The standard InChI is InChI=1S/C20H19N3O8S2/c1-10-4-11(2)6-14(5-10)22-23-19-17(33(29,30)31)8-13-7-15(32(26,27)28)9-16(21-12(3)24)18(13)20(19)25/h4-9,25H,1-3H3,(H,21,24)(H,26,27,28)(H,29,30,31). The van der Waals surface area contributed by atoms with Crippen LogP contribution >= 0.6 is 0 Å².